The molecule has 158 valence electrons. The van der Waals surface area contributed by atoms with Gasteiger partial charge in [0.2, 0.25) is 0 Å². The van der Waals surface area contributed by atoms with Gasteiger partial charge in [0, 0.05) is 12.6 Å². The van der Waals surface area contributed by atoms with Gasteiger partial charge in [0.25, 0.3) is 10.9 Å². The number of phenolic OH excluding ortho intramolecular Hbond substituents is 1. The van der Waals surface area contributed by atoms with E-state index in [1.54, 1.807) is 12.1 Å². The van der Waals surface area contributed by atoms with Crippen LogP contribution in [0, 0.1) is 0 Å². The van der Waals surface area contributed by atoms with Gasteiger partial charge in [0.15, 0.2) is 5.75 Å². The van der Waals surface area contributed by atoms with E-state index in [1.165, 1.54) is 11.6 Å². The van der Waals surface area contributed by atoms with E-state index >= 15 is 0 Å². The highest BCUT2D eigenvalue weighted by molar-refractivity contribution is 7.97. The van der Waals surface area contributed by atoms with Crippen molar-refractivity contribution < 1.29 is 9.94 Å². The third kappa shape index (κ3) is 4.46. The second-order valence-electron chi connectivity index (χ2n) is 6.51. The third-order valence-corrected chi connectivity index (χ3v) is 6.20. The van der Waals surface area contributed by atoms with Gasteiger partial charge in [-0.05, 0) is 43.5 Å². The molecule has 3 aromatic rings. The number of phenols is 1. The molecule has 0 heterocycles. The molecule has 0 spiro atoms. The lowest BCUT2D eigenvalue weighted by Crippen LogP contribution is -2.37. The van der Waals surface area contributed by atoms with Crippen molar-refractivity contribution in [2.45, 2.75) is 24.8 Å². The normalized spacial score (nSPS) is 12.3. The van der Waals surface area contributed by atoms with E-state index in [2.05, 4.69) is 10.6 Å². The second-order valence-corrected chi connectivity index (χ2v) is 7.91. The second kappa shape index (κ2) is 9.53. The molecular weight excluding hydrogens is 426 g/mol. The molecule has 1 atom stereocenters. The summed E-state index contributed by atoms with van der Waals surface area (Å²) >= 11 is 7.35. The Kier molecular flexibility index (Phi) is 7.04. The predicted molar refractivity (Wildman–Crippen MR) is 121 cm³/mol. The first-order valence-corrected chi connectivity index (χ1v) is 10.4. The highest BCUT2D eigenvalue weighted by atomic mass is 35.5. The Bertz CT molecular complexity index is 1100. The zero-order chi connectivity index (χ0) is 21.8. The number of halogens is 1. The topological polar surface area (TPSA) is 90.9 Å². The standard InChI is InChI=1S/C21H22ClN3O4S/c1-4-25(29-3)30-21-14(22)10-11-15(18(21)26)24-17-16(19(27)20(17)28)23-12(2)13-8-6-5-7-9-13/h5-12,23-24,26H,4H2,1-3H3/t12-/m1/s1. The van der Waals surface area contributed by atoms with Crippen molar-refractivity contribution in [2.24, 2.45) is 0 Å². The minimum atomic E-state index is -0.645. The Morgan fingerprint density at radius 3 is 2.43 bits per heavy atom. The molecule has 30 heavy (non-hydrogen) atoms. The van der Waals surface area contributed by atoms with Gasteiger partial charge >= 0.3 is 0 Å². The monoisotopic (exact) mass is 447 g/mol. The van der Waals surface area contributed by atoms with E-state index in [0.29, 0.717) is 16.5 Å². The summed E-state index contributed by atoms with van der Waals surface area (Å²) in [6.45, 7) is 4.34. The van der Waals surface area contributed by atoms with Crippen LogP contribution in [-0.4, -0.2) is 23.2 Å². The summed E-state index contributed by atoms with van der Waals surface area (Å²) in [5.74, 6) is -0.141. The van der Waals surface area contributed by atoms with Crippen molar-refractivity contribution in [3.8, 4) is 5.75 Å². The molecule has 0 aliphatic carbocycles. The highest BCUT2D eigenvalue weighted by Crippen LogP contribution is 2.43. The van der Waals surface area contributed by atoms with E-state index in [4.69, 9.17) is 16.4 Å². The Labute approximate surface area is 183 Å². The molecule has 7 nitrogen and oxygen atoms in total. The zero-order valence-corrected chi connectivity index (χ0v) is 18.3. The van der Waals surface area contributed by atoms with Crippen LogP contribution in [0.15, 0.2) is 56.9 Å². The third-order valence-electron chi connectivity index (χ3n) is 4.57. The SMILES string of the molecule is CCN(OC)Sc1c(Cl)ccc(Nc2c(N[C@H](C)c3ccccc3)c(=O)c2=O)c1O. The van der Waals surface area contributed by atoms with Crippen LogP contribution in [0.3, 0.4) is 0 Å². The van der Waals surface area contributed by atoms with Gasteiger partial charge in [0.1, 0.15) is 11.4 Å². The number of hydroxylamine groups is 1. The molecule has 3 N–H and O–H groups in total. The van der Waals surface area contributed by atoms with Crippen molar-refractivity contribution in [3.63, 3.8) is 0 Å². The van der Waals surface area contributed by atoms with Crippen molar-refractivity contribution in [3.05, 3.63) is 73.5 Å². The Morgan fingerprint density at radius 2 is 1.80 bits per heavy atom. The molecular formula is C21H22ClN3O4S. The summed E-state index contributed by atoms with van der Waals surface area (Å²) in [6.07, 6.45) is 0. The summed E-state index contributed by atoms with van der Waals surface area (Å²) in [7, 11) is 1.51. The quantitative estimate of drug-likeness (QED) is 0.192. The van der Waals surface area contributed by atoms with E-state index < -0.39 is 10.9 Å². The fourth-order valence-corrected chi connectivity index (χ4v) is 3.91. The van der Waals surface area contributed by atoms with E-state index in [-0.39, 0.29) is 28.9 Å². The number of nitrogens with zero attached hydrogens (tertiary/aromatic N) is 1. The van der Waals surface area contributed by atoms with Crippen LogP contribution in [0.4, 0.5) is 17.1 Å². The molecule has 9 heteroatoms. The lowest BCUT2D eigenvalue weighted by atomic mass is 10.1. The van der Waals surface area contributed by atoms with Crippen molar-refractivity contribution in [1.29, 1.82) is 0 Å². The molecule has 0 aromatic heterocycles. The molecule has 0 unspecified atom stereocenters. The molecule has 3 rings (SSSR count). The fraction of sp³-hybridized carbons (Fsp3) is 0.238. The minimum Gasteiger partial charge on any atom is -0.505 e. The van der Waals surface area contributed by atoms with Crippen LogP contribution < -0.4 is 21.5 Å². The number of hydrogen-bond donors (Lipinski definition) is 3. The van der Waals surface area contributed by atoms with Gasteiger partial charge in [-0.2, -0.15) is 0 Å². The first-order chi connectivity index (χ1) is 14.4. The van der Waals surface area contributed by atoms with Crippen molar-refractivity contribution in [2.75, 3.05) is 24.3 Å². The first-order valence-electron chi connectivity index (χ1n) is 9.30. The molecule has 3 aromatic carbocycles. The lowest BCUT2D eigenvalue weighted by Gasteiger charge is -2.21. The molecule has 0 aliphatic rings. The van der Waals surface area contributed by atoms with Gasteiger partial charge in [-0.15, -0.1) is 4.47 Å². The largest absolute Gasteiger partial charge is 0.505 e. The summed E-state index contributed by atoms with van der Waals surface area (Å²) < 4.78 is 1.54. The maximum absolute atomic E-state index is 12.2. The van der Waals surface area contributed by atoms with E-state index in [1.807, 2.05) is 44.2 Å². The van der Waals surface area contributed by atoms with Crippen molar-refractivity contribution in [1.82, 2.24) is 4.47 Å². The first kappa shape index (κ1) is 22.2. The van der Waals surface area contributed by atoms with Crippen LogP contribution in [0.5, 0.6) is 5.75 Å². The number of hydrogen-bond acceptors (Lipinski definition) is 8. The van der Waals surface area contributed by atoms with E-state index in [9.17, 15) is 14.7 Å². The molecule has 0 saturated heterocycles. The number of anilines is 3. The highest BCUT2D eigenvalue weighted by Gasteiger charge is 2.25. The summed E-state index contributed by atoms with van der Waals surface area (Å²) in [6, 6.07) is 12.5. The van der Waals surface area contributed by atoms with Gasteiger partial charge in [-0.25, -0.2) is 0 Å². The Morgan fingerprint density at radius 1 is 1.13 bits per heavy atom. The predicted octanol–water partition coefficient (Wildman–Crippen LogP) is 4.45. The van der Waals surface area contributed by atoms with Crippen LogP contribution >= 0.6 is 23.5 Å². The number of aromatic hydroxyl groups is 1. The number of benzene rings is 2. The summed E-state index contributed by atoms with van der Waals surface area (Å²) in [4.78, 5) is 29.9. The Hall–Kier alpha value is -2.52. The van der Waals surface area contributed by atoms with Crippen LogP contribution in [-0.2, 0) is 4.84 Å². The van der Waals surface area contributed by atoms with Gasteiger partial charge < -0.3 is 15.7 Å². The number of nitrogens with one attached hydrogen (secondary N) is 2. The molecule has 0 saturated carbocycles. The minimum absolute atomic E-state index is 0.107. The lowest BCUT2D eigenvalue weighted by molar-refractivity contribution is -0.0333. The molecule has 0 amide bonds. The average Bonchev–Trinajstić information content (AvgIpc) is 2.77. The summed E-state index contributed by atoms with van der Waals surface area (Å²) in [5.41, 5.74) is 0.288. The summed E-state index contributed by atoms with van der Waals surface area (Å²) in [5, 5.41) is 17.0. The number of rotatable bonds is 9. The van der Waals surface area contributed by atoms with Crippen LogP contribution in [0.25, 0.3) is 0 Å². The van der Waals surface area contributed by atoms with Gasteiger partial charge in [-0.1, -0.05) is 41.9 Å². The molecule has 0 bridgehead atoms. The maximum Gasteiger partial charge on any atom is 0.253 e. The zero-order valence-electron chi connectivity index (χ0n) is 16.7. The van der Waals surface area contributed by atoms with Gasteiger partial charge in [0.05, 0.1) is 22.7 Å². The van der Waals surface area contributed by atoms with Gasteiger partial charge in [-0.3, -0.25) is 14.4 Å². The molecule has 0 aliphatic heterocycles. The molecule has 0 radical (unpaired) electrons. The van der Waals surface area contributed by atoms with Crippen LogP contribution in [0.1, 0.15) is 25.5 Å². The fourth-order valence-electron chi connectivity index (χ4n) is 2.89. The molecule has 0 fully saturated rings. The average molecular weight is 448 g/mol. The smallest absolute Gasteiger partial charge is 0.253 e. The maximum atomic E-state index is 12.2. The van der Waals surface area contributed by atoms with Crippen LogP contribution in [0.2, 0.25) is 5.02 Å². The Balaban J connectivity index is 1.86. The van der Waals surface area contributed by atoms with E-state index in [0.717, 1.165) is 17.5 Å². The van der Waals surface area contributed by atoms with Crippen molar-refractivity contribution >= 4 is 40.6 Å².